The van der Waals surface area contributed by atoms with Crippen molar-refractivity contribution < 1.29 is 14.3 Å². The van der Waals surface area contributed by atoms with Gasteiger partial charge in [0, 0.05) is 19.3 Å². The van der Waals surface area contributed by atoms with Crippen LogP contribution < -0.4 is 5.32 Å². The standard InChI is InChI=1S/C13H18N2O3/c1-10-5-4-6-11(9-10)14-13(17)15(2)8-7-12(16)18-3/h4-6,9H,7-8H2,1-3H3,(H,14,17). The van der Waals surface area contributed by atoms with Crippen LogP contribution in [0.15, 0.2) is 24.3 Å². The van der Waals surface area contributed by atoms with Gasteiger partial charge in [0.15, 0.2) is 0 Å². The highest BCUT2D eigenvalue weighted by Crippen LogP contribution is 2.10. The van der Waals surface area contributed by atoms with E-state index >= 15 is 0 Å². The highest BCUT2D eigenvalue weighted by molar-refractivity contribution is 5.89. The molecule has 18 heavy (non-hydrogen) atoms. The maximum Gasteiger partial charge on any atom is 0.321 e. The molecule has 1 aromatic carbocycles. The van der Waals surface area contributed by atoms with E-state index in [9.17, 15) is 9.59 Å². The van der Waals surface area contributed by atoms with Gasteiger partial charge in [0.05, 0.1) is 13.5 Å². The van der Waals surface area contributed by atoms with Crippen LogP contribution in [0.25, 0.3) is 0 Å². The molecule has 0 saturated heterocycles. The molecule has 98 valence electrons. The van der Waals surface area contributed by atoms with Crippen LogP contribution in [0.3, 0.4) is 0 Å². The van der Waals surface area contributed by atoms with Gasteiger partial charge in [-0.15, -0.1) is 0 Å². The van der Waals surface area contributed by atoms with Gasteiger partial charge in [-0.2, -0.15) is 0 Å². The van der Waals surface area contributed by atoms with Gasteiger partial charge in [-0.25, -0.2) is 4.79 Å². The van der Waals surface area contributed by atoms with E-state index in [1.165, 1.54) is 12.0 Å². The Morgan fingerprint density at radius 2 is 2.11 bits per heavy atom. The lowest BCUT2D eigenvalue weighted by Crippen LogP contribution is -2.33. The second kappa shape index (κ2) is 6.64. The summed E-state index contributed by atoms with van der Waals surface area (Å²) in [5, 5.41) is 2.76. The van der Waals surface area contributed by atoms with Gasteiger partial charge in [0.2, 0.25) is 0 Å². The second-order valence-corrected chi connectivity index (χ2v) is 4.05. The highest BCUT2D eigenvalue weighted by Gasteiger charge is 2.10. The molecule has 0 aromatic heterocycles. The lowest BCUT2D eigenvalue weighted by atomic mass is 10.2. The molecule has 1 aromatic rings. The number of nitrogens with zero attached hydrogens (tertiary/aromatic N) is 1. The van der Waals surface area contributed by atoms with Crippen molar-refractivity contribution >= 4 is 17.7 Å². The molecule has 5 nitrogen and oxygen atoms in total. The molecule has 0 aliphatic carbocycles. The van der Waals surface area contributed by atoms with Crippen molar-refractivity contribution in [3.8, 4) is 0 Å². The predicted octanol–water partition coefficient (Wildman–Crippen LogP) is 2.02. The van der Waals surface area contributed by atoms with Crippen molar-refractivity contribution in [2.24, 2.45) is 0 Å². The average Bonchev–Trinajstić information content (AvgIpc) is 2.35. The summed E-state index contributed by atoms with van der Waals surface area (Å²) in [4.78, 5) is 24.2. The molecular weight excluding hydrogens is 232 g/mol. The molecule has 0 aliphatic rings. The maximum absolute atomic E-state index is 11.8. The molecule has 5 heteroatoms. The Morgan fingerprint density at radius 3 is 2.72 bits per heavy atom. The van der Waals surface area contributed by atoms with E-state index in [4.69, 9.17) is 0 Å². The molecule has 0 heterocycles. The number of hydrogen-bond donors (Lipinski definition) is 1. The summed E-state index contributed by atoms with van der Waals surface area (Å²) in [6, 6.07) is 7.28. The minimum Gasteiger partial charge on any atom is -0.469 e. The van der Waals surface area contributed by atoms with Crippen LogP contribution in [-0.2, 0) is 9.53 Å². The Bertz CT molecular complexity index is 432. The molecule has 0 radical (unpaired) electrons. The van der Waals surface area contributed by atoms with Crippen LogP contribution >= 0.6 is 0 Å². The fourth-order valence-corrected chi connectivity index (χ4v) is 1.40. The summed E-state index contributed by atoms with van der Waals surface area (Å²) in [6.07, 6.45) is 0.189. The van der Waals surface area contributed by atoms with Crippen LogP contribution in [0.1, 0.15) is 12.0 Å². The number of hydrogen-bond acceptors (Lipinski definition) is 3. The van der Waals surface area contributed by atoms with Crippen LogP contribution in [-0.4, -0.2) is 37.6 Å². The fourth-order valence-electron chi connectivity index (χ4n) is 1.40. The largest absolute Gasteiger partial charge is 0.469 e. The molecular formula is C13H18N2O3. The van der Waals surface area contributed by atoms with Crippen molar-refractivity contribution in [2.45, 2.75) is 13.3 Å². The first-order valence-electron chi connectivity index (χ1n) is 5.68. The summed E-state index contributed by atoms with van der Waals surface area (Å²) in [6.45, 7) is 2.28. The number of esters is 1. The number of ether oxygens (including phenoxy) is 1. The lowest BCUT2D eigenvalue weighted by Gasteiger charge is -2.17. The van der Waals surface area contributed by atoms with E-state index < -0.39 is 0 Å². The second-order valence-electron chi connectivity index (χ2n) is 4.05. The van der Waals surface area contributed by atoms with Crippen LogP contribution in [0.4, 0.5) is 10.5 Å². The summed E-state index contributed by atoms with van der Waals surface area (Å²) in [7, 11) is 2.96. The van der Waals surface area contributed by atoms with Crippen molar-refractivity contribution in [1.29, 1.82) is 0 Å². The number of amides is 2. The number of anilines is 1. The average molecular weight is 250 g/mol. The van der Waals surface area contributed by atoms with Crippen LogP contribution in [0, 0.1) is 6.92 Å². The molecule has 0 spiro atoms. The van der Waals surface area contributed by atoms with E-state index in [1.54, 1.807) is 7.05 Å². The summed E-state index contributed by atoms with van der Waals surface area (Å²) in [5.41, 5.74) is 1.81. The Kier molecular flexibility index (Phi) is 5.17. The number of urea groups is 1. The Balaban J connectivity index is 2.47. The van der Waals surface area contributed by atoms with Gasteiger partial charge in [-0.1, -0.05) is 12.1 Å². The molecule has 0 fully saturated rings. The molecule has 1 rings (SSSR count). The summed E-state index contributed by atoms with van der Waals surface area (Å²) < 4.78 is 4.52. The number of aryl methyl sites for hydroxylation is 1. The van der Waals surface area contributed by atoms with E-state index in [0.717, 1.165) is 11.3 Å². The van der Waals surface area contributed by atoms with Gasteiger partial charge >= 0.3 is 12.0 Å². The number of methoxy groups -OCH3 is 1. The number of benzene rings is 1. The Hall–Kier alpha value is -2.04. The molecule has 1 N–H and O–H groups in total. The molecule has 2 amide bonds. The predicted molar refractivity (Wildman–Crippen MR) is 69.5 cm³/mol. The lowest BCUT2D eigenvalue weighted by molar-refractivity contribution is -0.140. The van der Waals surface area contributed by atoms with Crippen molar-refractivity contribution in [2.75, 3.05) is 26.0 Å². The zero-order chi connectivity index (χ0) is 13.5. The van der Waals surface area contributed by atoms with E-state index in [-0.39, 0.29) is 18.4 Å². The Labute approximate surface area is 107 Å². The summed E-state index contributed by atoms with van der Waals surface area (Å²) in [5.74, 6) is -0.329. The quantitative estimate of drug-likeness (QED) is 0.832. The molecule has 0 unspecified atom stereocenters. The SMILES string of the molecule is COC(=O)CCN(C)C(=O)Nc1cccc(C)c1. The third-order valence-electron chi connectivity index (χ3n) is 2.50. The molecule has 0 aliphatic heterocycles. The van der Waals surface area contributed by atoms with Crippen LogP contribution in [0.2, 0.25) is 0 Å². The fraction of sp³-hybridized carbons (Fsp3) is 0.385. The number of rotatable bonds is 4. The van der Waals surface area contributed by atoms with E-state index in [1.807, 2.05) is 31.2 Å². The van der Waals surface area contributed by atoms with Gasteiger partial charge in [-0.05, 0) is 24.6 Å². The van der Waals surface area contributed by atoms with Gasteiger partial charge in [0.25, 0.3) is 0 Å². The van der Waals surface area contributed by atoms with Gasteiger partial charge in [-0.3, -0.25) is 4.79 Å². The minimum absolute atomic E-state index is 0.189. The molecule has 0 atom stereocenters. The highest BCUT2D eigenvalue weighted by atomic mass is 16.5. The topological polar surface area (TPSA) is 58.6 Å². The third-order valence-corrected chi connectivity index (χ3v) is 2.50. The molecule has 0 saturated carbocycles. The van der Waals surface area contributed by atoms with Crippen LogP contribution in [0.5, 0.6) is 0 Å². The summed E-state index contributed by atoms with van der Waals surface area (Å²) >= 11 is 0. The number of nitrogens with one attached hydrogen (secondary N) is 1. The first-order valence-corrected chi connectivity index (χ1v) is 5.68. The number of carbonyl (C=O) groups excluding carboxylic acids is 2. The van der Waals surface area contributed by atoms with Crippen molar-refractivity contribution in [1.82, 2.24) is 4.90 Å². The normalized spacial score (nSPS) is 9.72. The third kappa shape index (κ3) is 4.45. The first-order chi connectivity index (χ1) is 8.52. The zero-order valence-corrected chi connectivity index (χ0v) is 10.9. The van der Waals surface area contributed by atoms with E-state index in [0.29, 0.717) is 6.54 Å². The zero-order valence-electron chi connectivity index (χ0n) is 10.9. The smallest absolute Gasteiger partial charge is 0.321 e. The van der Waals surface area contributed by atoms with Gasteiger partial charge in [0.1, 0.15) is 0 Å². The van der Waals surface area contributed by atoms with Gasteiger partial charge < -0.3 is 15.0 Å². The van der Waals surface area contributed by atoms with Crippen molar-refractivity contribution in [3.63, 3.8) is 0 Å². The van der Waals surface area contributed by atoms with E-state index in [2.05, 4.69) is 10.1 Å². The first kappa shape index (κ1) is 14.0. The number of carbonyl (C=O) groups is 2. The monoisotopic (exact) mass is 250 g/mol. The molecule has 0 bridgehead atoms. The maximum atomic E-state index is 11.8. The Morgan fingerprint density at radius 1 is 1.39 bits per heavy atom. The minimum atomic E-state index is -0.329. The van der Waals surface area contributed by atoms with Crippen molar-refractivity contribution in [3.05, 3.63) is 29.8 Å².